The molecule has 1 saturated carbocycles. The number of aliphatic carboxylic acids is 1. The summed E-state index contributed by atoms with van der Waals surface area (Å²) in [6, 6.07) is 3.66. The van der Waals surface area contributed by atoms with Crippen LogP contribution in [-0.4, -0.2) is 44.6 Å². The number of aromatic nitrogens is 2. The molecule has 0 spiro atoms. The standard InChI is InChI=1S/C21H23N3O5/c1-10(21(26)27)9-24(14-5-6-14)20(25)16-8-17(15-7-11(2)28-13(15)4)22-19-18(16)12(3)23-29-19/h7-8,10,14H,5-6,9H2,1-4H3,(H,26,27). The quantitative estimate of drug-likeness (QED) is 0.675. The van der Waals surface area contributed by atoms with E-state index in [0.717, 1.165) is 24.2 Å². The van der Waals surface area contributed by atoms with Crippen molar-refractivity contribution in [2.45, 2.75) is 46.6 Å². The summed E-state index contributed by atoms with van der Waals surface area (Å²) in [7, 11) is 0. The molecule has 3 heterocycles. The fourth-order valence-corrected chi connectivity index (χ4v) is 3.60. The van der Waals surface area contributed by atoms with Gasteiger partial charge in [-0.15, -0.1) is 0 Å². The van der Waals surface area contributed by atoms with Crippen LogP contribution in [0.1, 0.15) is 47.3 Å². The van der Waals surface area contributed by atoms with Crippen molar-refractivity contribution in [2.24, 2.45) is 5.92 Å². The van der Waals surface area contributed by atoms with Crippen molar-refractivity contribution in [3.05, 3.63) is 34.9 Å². The summed E-state index contributed by atoms with van der Waals surface area (Å²) < 4.78 is 11.0. The molecular weight excluding hydrogens is 374 g/mol. The molecule has 1 fully saturated rings. The topological polar surface area (TPSA) is 110 Å². The minimum absolute atomic E-state index is 0.0639. The van der Waals surface area contributed by atoms with Gasteiger partial charge in [-0.1, -0.05) is 12.1 Å². The Morgan fingerprint density at radius 2 is 2.00 bits per heavy atom. The Kier molecular flexibility index (Phi) is 4.64. The van der Waals surface area contributed by atoms with E-state index < -0.39 is 11.9 Å². The predicted molar refractivity (Wildman–Crippen MR) is 105 cm³/mol. The van der Waals surface area contributed by atoms with E-state index in [-0.39, 0.29) is 24.2 Å². The Bertz CT molecular complexity index is 1110. The molecule has 29 heavy (non-hydrogen) atoms. The maximum Gasteiger partial charge on any atom is 0.308 e. The summed E-state index contributed by atoms with van der Waals surface area (Å²) in [6.07, 6.45) is 1.75. The Hall–Kier alpha value is -3.16. The van der Waals surface area contributed by atoms with E-state index in [1.807, 2.05) is 19.9 Å². The lowest BCUT2D eigenvalue weighted by molar-refractivity contribution is -0.141. The third kappa shape index (κ3) is 3.50. The Morgan fingerprint density at radius 3 is 2.59 bits per heavy atom. The SMILES string of the molecule is Cc1cc(-c2cc(C(=O)N(CC(C)C(=O)O)C3CC3)c3c(C)noc3n2)c(C)o1. The van der Waals surface area contributed by atoms with Gasteiger partial charge < -0.3 is 18.9 Å². The number of carboxylic acid groups (broad SMARTS) is 1. The van der Waals surface area contributed by atoms with Gasteiger partial charge in [0.05, 0.1) is 28.3 Å². The van der Waals surface area contributed by atoms with E-state index >= 15 is 0 Å². The molecule has 1 atom stereocenters. The van der Waals surface area contributed by atoms with Crippen LogP contribution in [0.15, 0.2) is 21.1 Å². The largest absolute Gasteiger partial charge is 0.481 e. The third-order valence-electron chi connectivity index (χ3n) is 5.31. The molecule has 3 aromatic heterocycles. The second-order valence-corrected chi connectivity index (χ2v) is 7.76. The van der Waals surface area contributed by atoms with E-state index in [4.69, 9.17) is 8.94 Å². The molecule has 3 aromatic rings. The Balaban J connectivity index is 1.82. The van der Waals surface area contributed by atoms with E-state index in [2.05, 4.69) is 10.1 Å². The number of fused-ring (bicyclic) bond motifs is 1. The van der Waals surface area contributed by atoms with Crippen molar-refractivity contribution < 1.29 is 23.6 Å². The number of carboxylic acids is 1. The van der Waals surface area contributed by atoms with Crippen LogP contribution in [0.3, 0.4) is 0 Å². The highest BCUT2D eigenvalue weighted by atomic mass is 16.5. The molecule has 8 nitrogen and oxygen atoms in total. The van der Waals surface area contributed by atoms with Crippen LogP contribution in [0.25, 0.3) is 22.4 Å². The number of furan rings is 1. The minimum atomic E-state index is -0.922. The smallest absolute Gasteiger partial charge is 0.308 e. The average molecular weight is 397 g/mol. The minimum Gasteiger partial charge on any atom is -0.481 e. The molecule has 1 amide bonds. The molecule has 8 heteroatoms. The first-order valence-electron chi connectivity index (χ1n) is 9.64. The monoisotopic (exact) mass is 397 g/mol. The number of carbonyl (C=O) groups is 2. The van der Waals surface area contributed by atoms with Crippen molar-refractivity contribution in [1.29, 1.82) is 0 Å². The van der Waals surface area contributed by atoms with Crippen LogP contribution in [0, 0.1) is 26.7 Å². The molecule has 1 aliphatic carbocycles. The van der Waals surface area contributed by atoms with Gasteiger partial charge in [0.1, 0.15) is 11.5 Å². The van der Waals surface area contributed by atoms with Crippen LogP contribution in [-0.2, 0) is 4.79 Å². The summed E-state index contributed by atoms with van der Waals surface area (Å²) in [5.41, 5.74) is 2.62. The highest BCUT2D eigenvalue weighted by Gasteiger charge is 2.36. The van der Waals surface area contributed by atoms with Crippen LogP contribution in [0.5, 0.6) is 0 Å². The second-order valence-electron chi connectivity index (χ2n) is 7.76. The number of pyridine rings is 1. The van der Waals surface area contributed by atoms with Crippen LogP contribution in [0.2, 0.25) is 0 Å². The van der Waals surface area contributed by atoms with Gasteiger partial charge in [0.25, 0.3) is 11.6 Å². The maximum atomic E-state index is 13.5. The summed E-state index contributed by atoms with van der Waals surface area (Å²) in [5.74, 6) is -0.356. The molecule has 152 valence electrons. The zero-order valence-electron chi connectivity index (χ0n) is 16.9. The predicted octanol–water partition coefficient (Wildman–Crippen LogP) is 3.73. The van der Waals surface area contributed by atoms with Crippen molar-refractivity contribution >= 4 is 23.0 Å². The van der Waals surface area contributed by atoms with Crippen LogP contribution < -0.4 is 0 Å². The van der Waals surface area contributed by atoms with Gasteiger partial charge >= 0.3 is 5.97 Å². The van der Waals surface area contributed by atoms with Crippen molar-refractivity contribution in [3.63, 3.8) is 0 Å². The van der Waals surface area contributed by atoms with E-state index in [1.165, 1.54) is 0 Å². The molecule has 0 radical (unpaired) electrons. The first-order valence-corrected chi connectivity index (χ1v) is 9.64. The van der Waals surface area contributed by atoms with Gasteiger partial charge in [-0.2, -0.15) is 0 Å². The Morgan fingerprint density at radius 1 is 1.28 bits per heavy atom. The summed E-state index contributed by atoms with van der Waals surface area (Å²) >= 11 is 0. The van der Waals surface area contributed by atoms with Gasteiger partial charge in [0, 0.05) is 18.2 Å². The zero-order valence-corrected chi connectivity index (χ0v) is 16.9. The number of carbonyl (C=O) groups excluding carboxylic acids is 1. The number of aryl methyl sites for hydroxylation is 3. The van der Waals surface area contributed by atoms with Gasteiger partial charge in [0.2, 0.25) is 0 Å². The summed E-state index contributed by atoms with van der Waals surface area (Å²) in [4.78, 5) is 31.1. The van der Waals surface area contributed by atoms with Crippen LogP contribution >= 0.6 is 0 Å². The second kappa shape index (κ2) is 7.02. The van der Waals surface area contributed by atoms with Crippen molar-refractivity contribution in [1.82, 2.24) is 15.0 Å². The van der Waals surface area contributed by atoms with E-state index in [0.29, 0.717) is 28.1 Å². The van der Waals surface area contributed by atoms with E-state index in [9.17, 15) is 14.7 Å². The average Bonchev–Trinajstić information content (AvgIpc) is 3.37. The fourth-order valence-electron chi connectivity index (χ4n) is 3.60. The van der Waals surface area contributed by atoms with E-state index in [1.54, 1.807) is 24.8 Å². The number of rotatable bonds is 6. The highest BCUT2D eigenvalue weighted by molar-refractivity contribution is 6.07. The lowest BCUT2D eigenvalue weighted by Crippen LogP contribution is -2.38. The van der Waals surface area contributed by atoms with Crippen LogP contribution in [0.4, 0.5) is 0 Å². The number of nitrogens with zero attached hydrogens (tertiary/aromatic N) is 3. The molecule has 1 unspecified atom stereocenters. The Labute approximate surface area is 167 Å². The summed E-state index contributed by atoms with van der Waals surface area (Å²) in [6.45, 7) is 7.22. The highest BCUT2D eigenvalue weighted by Crippen LogP contribution is 2.34. The third-order valence-corrected chi connectivity index (χ3v) is 5.31. The number of hydrogen-bond acceptors (Lipinski definition) is 6. The van der Waals surface area contributed by atoms with Crippen molar-refractivity contribution in [2.75, 3.05) is 6.54 Å². The fraction of sp³-hybridized carbons (Fsp3) is 0.429. The lowest BCUT2D eigenvalue weighted by atomic mass is 10.0. The molecule has 1 aliphatic rings. The number of amides is 1. The lowest BCUT2D eigenvalue weighted by Gasteiger charge is -2.25. The molecule has 0 aliphatic heterocycles. The van der Waals surface area contributed by atoms with Crippen molar-refractivity contribution in [3.8, 4) is 11.3 Å². The molecule has 4 rings (SSSR count). The normalized spacial score (nSPS) is 14.9. The maximum absolute atomic E-state index is 13.5. The first-order chi connectivity index (χ1) is 13.8. The molecule has 0 saturated heterocycles. The van der Waals surface area contributed by atoms with Gasteiger partial charge in [-0.05, 0) is 45.7 Å². The molecule has 0 aromatic carbocycles. The molecule has 1 N–H and O–H groups in total. The zero-order chi connectivity index (χ0) is 20.9. The van der Waals surface area contributed by atoms with Gasteiger partial charge in [0.15, 0.2) is 0 Å². The summed E-state index contributed by atoms with van der Waals surface area (Å²) in [5, 5.41) is 13.9. The van der Waals surface area contributed by atoms with Gasteiger partial charge in [-0.3, -0.25) is 9.59 Å². The molecule has 0 bridgehead atoms. The first kappa shape index (κ1) is 19.2. The molecular formula is C21H23N3O5. The number of hydrogen-bond donors (Lipinski definition) is 1. The van der Waals surface area contributed by atoms with Gasteiger partial charge in [-0.25, -0.2) is 4.98 Å².